The number of nitrogens with one attached hydrogen (secondary N) is 4. The van der Waals surface area contributed by atoms with Gasteiger partial charge >= 0.3 is 23.9 Å². The van der Waals surface area contributed by atoms with E-state index in [2.05, 4.69) is 41.2 Å². The van der Waals surface area contributed by atoms with Gasteiger partial charge in [0.15, 0.2) is 5.78 Å². The first kappa shape index (κ1) is 54.0. The number of aromatic nitrogens is 4. The summed E-state index contributed by atoms with van der Waals surface area (Å²) in [5, 5.41) is 53.9. The van der Waals surface area contributed by atoms with Crippen molar-refractivity contribution in [2.24, 2.45) is 11.5 Å². The molecule has 25 nitrogen and oxygen atoms in total. The van der Waals surface area contributed by atoms with Crippen LogP contribution in [0.25, 0.3) is 0 Å². The maximum atomic E-state index is 14.1. The summed E-state index contributed by atoms with van der Waals surface area (Å²) in [6.45, 7) is 1.02. The SMILES string of the molecule is CC(=O)c1ccnc(C(CC(=O)CC(SC[C@H](NC(=O)CC[C@H](N)C(=O)O)C(=O)NCC(=O)O)c2cc(C(C)O)ncn2)SC[C@H](NC(=O)CC[C@@H](N)C(=O)O)C(=O)NCC(=O)O)n1. The van der Waals surface area contributed by atoms with Gasteiger partial charge in [-0.1, -0.05) is 0 Å². The number of thioether (sulfide) groups is 2. The number of nitrogens with zero attached hydrogens (tertiary/aromatic N) is 4. The minimum absolute atomic E-state index is 0.0267. The standard InChI is InChI=1S/C37H50N10O15S2/c1-17(48)22-7-8-40-33(47-22)28(64-15-26(35(58)42-13-32(55)56)46-30(52)6-4-21(39)37(61)62)10-19(50)9-27(24-11-23(18(2)49)43-16-44-24)63-14-25(34(57)41-12-31(53)54)45-29(51)5-3-20(38)36(59)60/h7-8,11,16,18,20-21,25-28,49H,3-6,9-10,12-15,38-39H2,1-2H3,(H,41,57)(H,42,58)(H,45,51)(H,46,52)(H,53,54)(H,55,56)(H,59,60)(H,61,62)/t18?,20-,21+,25-,26-,27?,28?/m0/s1. The van der Waals surface area contributed by atoms with Crippen molar-refractivity contribution < 1.29 is 73.5 Å². The fourth-order valence-corrected chi connectivity index (χ4v) is 7.69. The molecule has 350 valence electrons. The average Bonchev–Trinajstić information content (AvgIpc) is 3.24. The van der Waals surface area contributed by atoms with Crippen molar-refractivity contribution in [1.82, 2.24) is 41.2 Å². The summed E-state index contributed by atoms with van der Waals surface area (Å²) < 4.78 is 0. The average molecular weight is 939 g/mol. The smallest absolute Gasteiger partial charge is 0.322 e. The van der Waals surface area contributed by atoms with Gasteiger partial charge in [-0.2, -0.15) is 0 Å². The zero-order chi connectivity index (χ0) is 48.1. The van der Waals surface area contributed by atoms with E-state index in [1.54, 1.807) is 0 Å². The predicted molar refractivity (Wildman–Crippen MR) is 224 cm³/mol. The molecule has 0 saturated heterocycles. The Morgan fingerprint density at radius 1 is 0.703 bits per heavy atom. The van der Waals surface area contributed by atoms with Gasteiger partial charge in [0, 0.05) is 50.3 Å². The first-order valence-corrected chi connectivity index (χ1v) is 21.3. The van der Waals surface area contributed by atoms with Crippen molar-refractivity contribution >= 4 is 82.6 Å². The molecule has 0 aliphatic heterocycles. The van der Waals surface area contributed by atoms with Crippen molar-refractivity contribution in [3.8, 4) is 0 Å². The highest BCUT2D eigenvalue weighted by Crippen LogP contribution is 2.36. The summed E-state index contributed by atoms with van der Waals surface area (Å²) in [4.78, 5) is 140. The number of carboxylic acids is 4. The van der Waals surface area contributed by atoms with Gasteiger partial charge in [0.1, 0.15) is 60.9 Å². The van der Waals surface area contributed by atoms with Crippen LogP contribution >= 0.6 is 23.5 Å². The number of aliphatic hydroxyl groups is 1. The van der Waals surface area contributed by atoms with Gasteiger partial charge in [0.25, 0.3) is 0 Å². The summed E-state index contributed by atoms with van der Waals surface area (Å²) in [5.41, 5.74) is 11.3. The molecule has 7 atom stereocenters. The van der Waals surface area contributed by atoms with Gasteiger partial charge in [0.05, 0.1) is 28.0 Å². The van der Waals surface area contributed by atoms with E-state index in [1.807, 2.05) is 0 Å². The maximum Gasteiger partial charge on any atom is 0.322 e. The Morgan fingerprint density at radius 3 is 1.62 bits per heavy atom. The van der Waals surface area contributed by atoms with Crippen LogP contribution in [-0.2, 0) is 43.2 Å². The molecule has 4 amide bonds. The number of aliphatic carboxylic acids is 4. The van der Waals surface area contributed by atoms with E-state index in [1.165, 1.54) is 32.2 Å². The van der Waals surface area contributed by atoms with Crippen molar-refractivity contribution in [3.63, 3.8) is 0 Å². The highest BCUT2D eigenvalue weighted by atomic mass is 32.2. The van der Waals surface area contributed by atoms with Crippen molar-refractivity contribution in [2.75, 3.05) is 24.6 Å². The molecule has 2 aromatic heterocycles. The second-order valence-electron chi connectivity index (χ2n) is 13.9. The molecule has 2 aromatic rings. The molecule has 0 aromatic carbocycles. The second kappa shape index (κ2) is 27.1. The Bertz CT molecular complexity index is 2030. The number of hydrogen-bond donors (Lipinski definition) is 11. The van der Waals surface area contributed by atoms with Crippen molar-refractivity contribution in [2.45, 2.75) is 93.1 Å². The fourth-order valence-electron chi connectivity index (χ4n) is 5.20. The van der Waals surface area contributed by atoms with Crippen LogP contribution < -0.4 is 32.7 Å². The third kappa shape index (κ3) is 19.9. The van der Waals surface area contributed by atoms with E-state index < -0.39 is 132 Å². The molecule has 0 spiro atoms. The minimum Gasteiger partial charge on any atom is -0.480 e. The lowest BCUT2D eigenvalue weighted by atomic mass is 10.1. The monoisotopic (exact) mass is 938 g/mol. The van der Waals surface area contributed by atoms with E-state index in [4.69, 9.17) is 31.9 Å². The highest BCUT2D eigenvalue weighted by molar-refractivity contribution is 7.99. The number of rotatable bonds is 30. The van der Waals surface area contributed by atoms with Crippen LogP contribution in [0.5, 0.6) is 0 Å². The van der Waals surface area contributed by atoms with Crippen LogP contribution in [0.3, 0.4) is 0 Å². The fraction of sp³-hybridized carbons (Fsp3) is 0.514. The van der Waals surface area contributed by atoms with Gasteiger partial charge < -0.3 is 58.3 Å². The van der Waals surface area contributed by atoms with E-state index in [9.17, 15) is 53.1 Å². The zero-order valence-electron chi connectivity index (χ0n) is 34.5. The largest absolute Gasteiger partial charge is 0.480 e. The van der Waals surface area contributed by atoms with Gasteiger partial charge in [-0.05, 0) is 31.9 Å². The third-order valence-corrected chi connectivity index (χ3v) is 11.3. The molecule has 0 saturated carbocycles. The number of hydrogen-bond acceptors (Lipinski definition) is 19. The van der Waals surface area contributed by atoms with Crippen LogP contribution in [0.2, 0.25) is 0 Å². The summed E-state index contributed by atoms with van der Waals surface area (Å²) in [6, 6.07) is -2.94. The third-order valence-electron chi connectivity index (χ3n) is 8.67. The van der Waals surface area contributed by atoms with Gasteiger partial charge in [-0.25, -0.2) is 19.9 Å². The van der Waals surface area contributed by atoms with Crippen LogP contribution in [0.4, 0.5) is 0 Å². The molecule has 0 aliphatic carbocycles. The van der Waals surface area contributed by atoms with Crippen LogP contribution in [0, 0.1) is 0 Å². The molecule has 64 heavy (non-hydrogen) atoms. The molecule has 13 N–H and O–H groups in total. The summed E-state index contributed by atoms with van der Waals surface area (Å²) in [5.74, 6) is -10.7. The Labute approximate surface area is 373 Å². The Morgan fingerprint density at radius 2 is 1.17 bits per heavy atom. The number of carbonyl (C=O) groups excluding carboxylic acids is 6. The predicted octanol–water partition coefficient (Wildman–Crippen LogP) is -2.12. The Kier molecular flexibility index (Phi) is 22.9. The molecular formula is C37H50N10O15S2. The number of Topliss-reactive ketones (excluding diaryl/α,β-unsaturated/α-hetero) is 2. The first-order valence-electron chi connectivity index (χ1n) is 19.2. The minimum atomic E-state index is -1.45. The van der Waals surface area contributed by atoms with Crippen LogP contribution in [-0.4, -0.2) is 153 Å². The summed E-state index contributed by atoms with van der Waals surface area (Å²) in [7, 11) is 0. The Balaban J connectivity index is 2.50. The molecular weight excluding hydrogens is 889 g/mol. The first-order chi connectivity index (χ1) is 30.1. The van der Waals surface area contributed by atoms with Crippen LogP contribution in [0.1, 0.15) is 96.7 Å². The van der Waals surface area contributed by atoms with E-state index in [0.29, 0.717) is 0 Å². The number of carboxylic acid groups (broad SMARTS) is 4. The molecule has 0 radical (unpaired) electrons. The molecule has 3 unspecified atom stereocenters. The highest BCUT2D eigenvalue weighted by Gasteiger charge is 2.30. The quantitative estimate of drug-likeness (QED) is 0.0373. The number of aliphatic hydroxyl groups excluding tert-OH is 1. The van der Waals surface area contributed by atoms with Crippen molar-refractivity contribution in [1.29, 1.82) is 0 Å². The lowest BCUT2D eigenvalue weighted by Crippen LogP contribution is -2.49. The molecule has 0 bridgehead atoms. The number of amides is 4. The number of carbonyl (C=O) groups is 10. The van der Waals surface area contributed by atoms with E-state index >= 15 is 0 Å². The normalized spacial score (nSPS) is 14.3. The maximum absolute atomic E-state index is 14.1. The molecule has 2 heterocycles. The van der Waals surface area contributed by atoms with E-state index in [-0.39, 0.29) is 53.7 Å². The number of ketones is 2. The zero-order valence-corrected chi connectivity index (χ0v) is 36.1. The second-order valence-corrected chi connectivity index (χ2v) is 16.4. The van der Waals surface area contributed by atoms with Gasteiger partial charge in [-0.3, -0.25) is 47.9 Å². The summed E-state index contributed by atoms with van der Waals surface area (Å²) >= 11 is 1.81. The summed E-state index contributed by atoms with van der Waals surface area (Å²) in [6.07, 6.45) is -0.917. The lowest BCUT2D eigenvalue weighted by Gasteiger charge is -2.23. The van der Waals surface area contributed by atoms with Gasteiger partial charge in [-0.15, -0.1) is 23.5 Å². The number of nitrogens with two attached hydrogens (primary N) is 2. The topological polar surface area (TPSA) is 424 Å². The van der Waals surface area contributed by atoms with Gasteiger partial charge in [0.2, 0.25) is 23.6 Å². The Hall–Kier alpha value is -6.16. The van der Waals surface area contributed by atoms with Crippen molar-refractivity contribution in [3.05, 3.63) is 47.6 Å². The lowest BCUT2D eigenvalue weighted by molar-refractivity contribution is -0.140. The molecule has 0 aliphatic rings. The molecule has 0 fully saturated rings. The van der Waals surface area contributed by atoms with Crippen LogP contribution in [0.15, 0.2) is 24.7 Å². The van der Waals surface area contributed by atoms with E-state index in [0.717, 1.165) is 29.9 Å². The molecule has 27 heteroatoms. The molecule has 2 rings (SSSR count).